The van der Waals surface area contributed by atoms with E-state index in [4.69, 9.17) is 9.84 Å². The Morgan fingerprint density at radius 1 is 1.35 bits per heavy atom. The minimum Gasteiger partial charge on any atom is -0.481 e. The van der Waals surface area contributed by atoms with Crippen LogP contribution in [0.2, 0.25) is 0 Å². The summed E-state index contributed by atoms with van der Waals surface area (Å²) >= 11 is 0. The van der Waals surface area contributed by atoms with Gasteiger partial charge >= 0.3 is 5.97 Å². The molecule has 1 N–H and O–H groups in total. The summed E-state index contributed by atoms with van der Waals surface area (Å²) < 4.78 is 30.7. The van der Waals surface area contributed by atoms with Crippen molar-refractivity contribution in [3.63, 3.8) is 0 Å². The first-order valence-electron chi connectivity index (χ1n) is 5.12. The van der Waals surface area contributed by atoms with Crippen LogP contribution in [-0.4, -0.2) is 69.0 Å². The Labute approximate surface area is 102 Å². The number of ether oxygens (including phenoxy) is 1. The minimum atomic E-state index is -3.62. The van der Waals surface area contributed by atoms with Gasteiger partial charge in [-0.15, -0.1) is 0 Å². The van der Waals surface area contributed by atoms with Gasteiger partial charge in [0.25, 0.3) is 10.2 Å². The van der Waals surface area contributed by atoms with Crippen LogP contribution in [0.3, 0.4) is 0 Å². The molecule has 0 radical (unpaired) electrons. The average molecular weight is 268 g/mol. The molecule has 17 heavy (non-hydrogen) atoms. The van der Waals surface area contributed by atoms with Crippen LogP contribution in [0.5, 0.6) is 0 Å². The second kappa shape index (κ2) is 6.90. The molecule has 1 atom stereocenters. The van der Waals surface area contributed by atoms with Crippen LogP contribution < -0.4 is 0 Å². The van der Waals surface area contributed by atoms with Crippen LogP contribution in [0.15, 0.2) is 0 Å². The normalized spacial score (nSPS) is 14.2. The Hall–Kier alpha value is -0.700. The molecule has 102 valence electrons. The van der Waals surface area contributed by atoms with Crippen molar-refractivity contribution in [3.8, 4) is 0 Å². The van der Waals surface area contributed by atoms with Gasteiger partial charge in [-0.05, 0) is 0 Å². The molecule has 0 aromatic rings. The van der Waals surface area contributed by atoms with Crippen LogP contribution in [0.4, 0.5) is 0 Å². The molecule has 0 saturated heterocycles. The summed E-state index contributed by atoms with van der Waals surface area (Å²) in [5.41, 5.74) is 0. The van der Waals surface area contributed by atoms with Crippen LogP contribution in [0.1, 0.15) is 6.92 Å². The van der Waals surface area contributed by atoms with Crippen LogP contribution in [-0.2, 0) is 19.7 Å². The van der Waals surface area contributed by atoms with Gasteiger partial charge in [0.1, 0.15) is 0 Å². The number of likely N-dealkylation sites (N-methyl/N-ethyl adjacent to an activating group) is 1. The van der Waals surface area contributed by atoms with Crippen LogP contribution in [0, 0.1) is 5.92 Å². The molecule has 0 aliphatic rings. The molecule has 0 heterocycles. The fraction of sp³-hybridized carbons (Fsp3) is 0.889. The second-order valence-corrected chi connectivity index (χ2v) is 5.98. The molecule has 0 rings (SSSR count). The first kappa shape index (κ1) is 16.3. The Morgan fingerprint density at radius 2 is 1.88 bits per heavy atom. The van der Waals surface area contributed by atoms with Crippen molar-refractivity contribution in [2.45, 2.75) is 6.92 Å². The van der Waals surface area contributed by atoms with Gasteiger partial charge in [-0.25, -0.2) is 0 Å². The molecule has 0 amide bonds. The lowest BCUT2D eigenvalue weighted by Crippen LogP contribution is -2.43. The van der Waals surface area contributed by atoms with Gasteiger partial charge in [-0.1, -0.05) is 6.92 Å². The number of methoxy groups -OCH3 is 1. The third-order valence-corrected chi connectivity index (χ3v) is 4.26. The van der Waals surface area contributed by atoms with E-state index in [1.165, 1.54) is 28.1 Å². The highest BCUT2D eigenvalue weighted by molar-refractivity contribution is 7.86. The first-order chi connectivity index (χ1) is 7.73. The number of carboxylic acids is 1. The van der Waals surface area contributed by atoms with Crippen molar-refractivity contribution in [2.75, 3.05) is 40.9 Å². The van der Waals surface area contributed by atoms with E-state index < -0.39 is 22.1 Å². The van der Waals surface area contributed by atoms with Crippen molar-refractivity contribution in [1.29, 1.82) is 0 Å². The van der Waals surface area contributed by atoms with Gasteiger partial charge in [0.2, 0.25) is 0 Å². The smallest absolute Gasteiger partial charge is 0.307 e. The van der Waals surface area contributed by atoms with Gasteiger partial charge < -0.3 is 9.84 Å². The van der Waals surface area contributed by atoms with Crippen molar-refractivity contribution < 1.29 is 23.1 Å². The maximum Gasteiger partial charge on any atom is 0.307 e. The van der Waals surface area contributed by atoms with Gasteiger partial charge in [-0.3, -0.25) is 4.79 Å². The molecule has 0 aromatic heterocycles. The van der Waals surface area contributed by atoms with Gasteiger partial charge in [0.05, 0.1) is 12.5 Å². The molecule has 0 aliphatic carbocycles. The van der Waals surface area contributed by atoms with Crippen LogP contribution >= 0.6 is 0 Å². The number of hydrogen-bond acceptors (Lipinski definition) is 4. The summed E-state index contributed by atoms with van der Waals surface area (Å²) in [7, 11) is 0.652. The fourth-order valence-corrected chi connectivity index (χ4v) is 2.32. The Balaban J connectivity index is 4.54. The lowest BCUT2D eigenvalue weighted by atomic mass is 10.2. The van der Waals surface area contributed by atoms with E-state index in [-0.39, 0.29) is 19.7 Å². The van der Waals surface area contributed by atoms with E-state index in [1.807, 2.05) is 0 Å². The molecule has 0 aromatic carbocycles. The zero-order chi connectivity index (χ0) is 13.6. The highest BCUT2D eigenvalue weighted by Gasteiger charge is 2.26. The molecule has 0 fully saturated rings. The lowest BCUT2D eigenvalue weighted by Gasteiger charge is -2.25. The minimum absolute atomic E-state index is 0.0605. The van der Waals surface area contributed by atoms with E-state index in [0.717, 1.165) is 8.61 Å². The molecule has 1 unspecified atom stereocenters. The number of hydrogen-bond donors (Lipinski definition) is 1. The molecule has 0 saturated carbocycles. The summed E-state index contributed by atoms with van der Waals surface area (Å²) in [6.45, 7) is 1.92. The first-order valence-corrected chi connectivity index (χ1v) is 6.52. The third-order valence-electron chi connectivity index (χ3n) is 2.35. The zero-order valence-corrected chi connectivity index (χ0v) is 11.4. The number of carbonyl (C=O) groups is 1. The summed E-state index contributed by atoms with van der Waals surface area (Å²) in [6.07, 6.45) is 0. The topological polar surface area (TPSA) is 87.2 Å². The molecule has 7 nitrogen and oxygen atoms in total. The Bertz CT molecular complexity index is 343. The highest BCUT2D eigenvalue weighted by Crippen LogP contribution is 2.07. The average Bonchev–Trinajstić information content (AvgIpc) is 2.25. The van der Waals surface area contributed by atoms with E-state index in [2.05, 4.69) is 0 Å². The van der Waals surface area contributed by atoms with Crippen molar-refractivity contribution in [3.05, 3.63) is 0 Å². The van der Waals surface area contributed by atoms with Crippen molar-refractivity contribution >= 4 is 16.2 Å². The summed E-state index contributed by atoms with van der Waals surface area (Å²) in [5.74, 6) is -1.77. The maximum absolute atomic E-state index is 11.9. The number of carboxylic acid groups (broad SMARTS) is 1. The Morgan fingerprint density at radius 3 is 2.29 bits per heavy atom. The van der Waals surface area contributed by atoms with Gasteiger partial charge in [0, 0.05) is 34.3 Å². The second-order valence-electron chi connectivity index (χ2n) is 3.84. The molecular formula is C9H20N2O5S. The highest BCUT2D eigenvalue weighted by atomic mass is 32.2. The Kier molecular flexibility index (Phi) is 6.61. The standard InChI is InChI=1S/C9H20N2O5S/c1-8(9(12)13)7-11(3)17(14,15)10(2)5-6-16-4/h8H,5-7H2,1-4H3,(H,12,13). The zero-order valence-electron chi connectivity index (χ0n) is 10.6. The largest absolute Gasteiger partial charge is 0.481 e. The van der Waals surface area contributed by atoms with Crippen LogP contribution in [0.25, 0.3) is 0 Å². The molecule has 0 bridgehead atoms. The number of nitrogens with zero attached hydrogens (tertiary/aromatic N) is 2. The van der Waals surface area contributed by atoms with E-state index >= 15 is 0 Å². The predicted molar refractivity (Wildman–Crippen MR) is 62.9 cm³/mol. The quantitative estimate of drug-likeness (QED) is 0.639. The molecular weight excluding hydrogens is 248 g/mol. The SMILES string of the molecule is COCCN(C)S(=O)(=O)N(C)CC(C)C(=O)O. The molecule has 0 spiro atoms. The van der Waals surface area contributed by atoms with Crippen molar-refractivity contribution in [2.24, 2.45) is 5.92 Å². The third kappa shape index (κ3) is 4.99. The maximum atomic E-state index is 11.9. The predicted octanol–water partition coefficient (Wildman–Crippen LogP) is -0.538. The monoisotopic (exact) mass is 268 g/mol. The summed E-state index contributed by atoms with van der Waals surface area (Å²) in [5, 5.41) is 8.72. The van der Waals surface area contributed by atoms with E-state index in [0.29, 0.717) is 0 Å². The van der Waals surface area contributed by atoms with Gasteiger partial charge in [-0.2, -0.15) is 17.0 Å². The van der Waals surface area contributed by atoms with E-state index in [1.54, 1.807) is 0 Å². The lowest BCUT2D eigenvalue weighted by molar-refractivity contribution is -0.141. The fourth-order valence-electron chi connectivity index (χ4n) is 1.13. The van der Waals surface area contributed by atoms with E-state index in [9.17, 15) is 13.2 Å². The summed E-state index contributed by atoms with van der Waals surface area (Å²) in [4.78, 5) is 10.6. The van der Waals surface area contributed by atoms with Crippen molar-refractivity contribution in [1.82, 2.24) is 8.61 Å². The van der Waals surface area contributed by atoms with Gasteiger partial charge in [0.15, 0.2) is 0 Å². The molecule has 0 aliphatic heterocycles. The molecule has 8 heteroatoms. The number of rotatable bonds is 8. The summed E-state index contributed by atoms with van der Waals surface area (Å²) in [6, 6.07) is 0. The number of aliphatic carboxylic acids is 1.